The van der Waals surface area contributed by atoms with Gasteiger partial charge < -0.3 is 9.84 Å². The molecule has 4 nitrogen and oxygen atoms in total. The Bertz CT molecular complexity index is 588. The second-order valence-electron chi connectivity index (χ2n) is 3.86. The number of carbonyl (C=O) groups is 1. The van der Waals surface area contributed by atoms with Gasteiger partial charge in [0.05, 0.1) is 11.3 Å². The van der Waals surface area contributed by atoms with Crippen LogP contribution in [0, 0.1) is 6.92 Å². The van der Waals surface area contributed by atoms with E-state index in [0.717, 1.165) is 12.1 Å². The van der Waals surface area contributed by atoms with Crippen LogP contribution < -0.4 is 5.32 Å². The molecule has 1 aromatic heterocycles. The van der Waals surface area contributed by atoms with Crippen molar-refractivity contribution in [3.8, 4) is 0 Å². The van der Waals surface area contributed by atoms with E-state index < -0.39 is 17.6 Å². The van der Waals surface area contributed by atoms with E-state index in [1.807, 2.05) is 0 Å². The Kier molecular flexibility index (Phi) is 3.28. The van der Waals surface area contributed by atoms with Crippen molar-refractivity contribution in [2.24, 2.45) is 0 Å². The first-order valence-corrected chi connectivity index (χ1v) is 5.28. The van der Waals surface area contributed by atoms with E-state index in [-0.39, 0.29) is 11.4 Å². The second kappa shape index (κ2) is 4.75. The predicted octanol–water partition coefficient (Wildman–Crippen LogP) is 3.25. The molecule has 0 aliphatic heterocycles. The Morgan fingerprint density at radius 2 is 1.89 bits per heavy atom. The molecule has 2 rings (SSSR count). The minimum absolute atomic E-state index is 0.00241. The lowest BCUT2D eigenvalue weighted by Crippen LogP contribution is -2.11. The Morgan fingerprint density at radius 3 is 2.37 bits per heavy atom. The Balaban J connectivity index is 2.10. The zero-order valence-corrected chi connectivity index (χ0v) is 9.78. The molecule has 2 aromatic rings. The van der Waals surface area contributed by atoms with Gasteiger partial charge in [-0.15, -0.1) is 0 Å². The van der Waals surface area contributed by atoms with Gasteiger partial charge in [0.1, 0.15) is 0 Å². The maximum atomic E-state index is 12.3. The number of aromatic nitrogens is 1. The molecule has 7 heteroatoms. The van der Waals surface area contributed by atoms with Crippen molar-refractivity contribution in [1.82, 2.24) is 5.16 Å². The summed E-state index contributed by atoms with van der Waals surface area (Å²) in [5.74, 6) is -0.572. The average Bonchev–Trinajstić information content (AvgIpc) is 2.75. The van der Waals surface area contributed by atoms with Crippen molar-refractivity contribution in [1.29, 1.82) is 0 Å². The van der Waals surface area contributed by atoms with Gasteiger partial charge in [0.25, 0.3) is 5.91 Å². The fraction of sp³-hybridized carbons (Fsp3) is 0.167. The van der Waals surface area contributed by atoms with Gasteiger partial charge in [-0.05, 0) is 31.2 Å². The maximum Gasteiger partial charge on any atom is 0.416 e. The lowest BCUT2D eigenvalue weighted by atomic mass is 10.2. The number of rotatable bonds is 2. The van der Waals surface area contributed by atoms with Crippen LogP contribution in [0.5, 0.6) is 0 Å². The molecule has 0 aliphatic carbocycles. The molecule has 0 atom stereocenters. The van der Waals surface area contributed by atoms with Crippen molar-refractivity contribution in [2.45, 2.75) is 13.1 Å². The van der Waals surface area contributed by atoms with Crippen LogP contribution in [0.4, 0.5) is 18.9 Å². The van der Waals surface area contributed by atoms with E-state index in [4.69, 9.17) is 4.52 Å². The standard InChI is InChI=1S/C12H9F3N2O2/c1-7-6-10(19-17-7)11(18)16-9-4-2-8(3-5-9)12(13,14)15/h2-6H,1H3,(H,16,18). The lowest BCUT2D eigenvalue weighted by molar-refractivity contribution is -0.137. The van der Waals surface area contributed by atoms with Crippen molar-refractivity contribution in [3.63, 3.8) is 0 Å². The molecule has 0 saturated heterocycles. The number of carbonyl (C=O) groups excluding carboxylic acids is 1. The number of halogens is 3. The summed E-state index contributed by atoms with van der Waals surface area (Å²) in [6.07, 6.45) is -4.40. The zero-order chi connectivity index (χ0) is 14.0. The van der Waals surface area contributed by atoms with Crippen molar-refractivity contribution >= 4 is 11.6 Å². The summed E-state index contributed by atoms with van der Waals surface area (Å²) in [4.78, 5) is 11.6. The summed E-state index contributed by atoms with van der Waals surface area (Å²) in [6, 6.07) is 5.55. The van der Waals surface area contributed by atoms with Gasteiger partial charge in [-0.25, -0.2) is 0 Å². The largest absolute Gasteiger partial charge is 0.416 e. The number of alkyl halides is 3. The molecule has 19 heavy (non-hydrogen) atoms. The summed E-state index contributed by atoms with van der Waals surface area (Å²) in [5, 5.41) is 5.95. The van der Waals surface area contributed by atoms with E-state index in [1.165, 1.54) is 18.2 Å². The van der Waals surface area contributed by atoms with Crippen molar-refractivity contribution < 1.29 is 22.5 Å². The van der Waals surface area contributed by atoms with Crippen LogP contribution in [0.1, 0.15) is 21.8 Å². The first-order chi connectivity index (χ1) is 8.86. The Morgan fingerprint density at radius 1 is 1.26 bits per heavy atom. The van der Waals surface area contributed by atoms with Crippen LogP contribution in [-0.2, 0) is 6.18 Å². The highest BCUT2D eigenvalue weighted by atomic mass is 19.4. The molecule has 0 unspecified atom stereocenters. The first kappa shape index (κ1) is 13.1. The number of hydrogen-bond donors (Lipinski definition) is 1. The minimum atomic E-state index is -4.40. The summed E-state index contributed by atoms with van der Waals surface area (Å²) in [7, 11) is 0. The van der Waals surface area contributed by atoms with E-state index in [1.54, 1.807) is 6.92 Å². The molecule has 0 bridgehead atoms. The first-order valence-electron chi connectivity index (χ1n) is 5.28. The quantitative estimate of drug-likeness (QED) is 0.911. The molecular weight excluding hydrogens is 261 g/mol. The lowest BCUT2D eigenvalue weighted by Gasteiger charge is -2.07. The SMILES string of the molecule is Cc1cc(C(=O)Nc2ccc(C(F)(F)F)cc2)on1. The fourth-order valence-corrected chi connectivity index (χ4v) is 1.41. The van der Waals surface area contributed by atoms with E-state index >= 15 is 0 Å². The number of nitrogens with zero attached hydrogens (tertiary/aromatic N) is 1. The van der Waals surface area contributed by atoms with E-state index in [0.29, 0.717) is 5.69 Å². The summed E-state index contributed by atoms with van der Waals surface area (Å²) < 4.78 is 41.8. The monoisotopic (exact) mass is 270 g/mol. The smallest absolute Gasteiger partial charge is 0.351 e. The highest BCUT2D eigenvalue weighted by molar-refractivity contribution is 6.02. The third-order valence-corrected chi connectivity index (χ3v) is 2.32. The molecule has 0 saturated carbocycles. The number of aryl methyl sites for hydroxylation is 1. The molecule has 0 radical (unpaired) electrons. The van der Waals surface area contributed by atoms with Crippen molar-refractivity contribution in [3.05, 3.63) is 47.3 Å². The van der Waals surface area contributed by atoms with Crippen LogP contribution in [0.15, 0.2) is 34.9 Å². The number of nitrogens with one attached hydrogen (secondary N) is 1. The van der Waals surface area contributed by atoms with Gasteiger partial charge in [-0.3, -0.25) is 4.79 Å². The molecule has 1 amide bonds. The van der Waals surface area contributed by atoms with Crippen LogP contribution in [0.2, 0.25) is 0 Å². The van der Waals surface area contributed by atoms with E-state index in [9.17, 15) is 18.0 Å². The fourth-order valence-electron chi connectivity index (χ4n) is 1.41. The Hall–Kier alpha value is -2.31. The zero-order valence-electron chi connectivity index (χ0n) is 9.78. The molecule has 0 aliphatic rings. The number of amides is 1. The molecule has 0 spiro atoms. The van der Waals surface area contributed by atoms with Crippen LogP contribution >= 0.6 is 0 Å². The summed E-state index contributed by atoms with van der Waals surface area (Å²) in [5.41, 5.74) is 0.00521. The highest BCUT2D eigenvalue weighted by Gasteiger charge is 2.30. The van der Waals surface area contributed by atoms with Gasteiger partial charge in [0.15, 0.2) is 0 Å². The molecule has 1 heterocycles. The van der Waals surface area contributed by atoms with Crippen LogP contribution in [0.3, 0.4) is 0 Å². The normalized spacial score (nSPS) is 11.4. The van der Waals surface area contributed by atoms with Gasteiger partial charge in [-0.2, -0.15) is 13.2 Å². The molecule has 0 fully saturated rings. The van der Waals surface area contributed by atoms with Gasteiger partial charge in [-0.1, -0.05) is 5.16 Å². The highest BCUT2D eigenvalue weighted by Crippen LogP contribution is 2.29. The third-order valence-electron chi connectivity index (χ3n) is 2.32. The Labute approximate surface area is 106 Å². The second-order valence-corrected chi connectivity index (χ2v) is 3.86. The van der Waals surface area contributed by atoms with Crippen LogP contribution in [-0.4, -0.2) is 11.1 Å². The maximum absolute atomic E-state index is 12.3. The number of hydrogen-bond acceptors (Lipinski definition) is 3. The van der Waals surface area contributed by atoms with Gasteiger partial charge in [0, 0.05) is 11.8 Å². The summed E-state index contributed by atoms with van der Waals surface area (Å²) in [6.45, 7) is 1.65. The van der Waals surface area contributed by atoms with Gasteiger partial charge >= 0.3 is 6.18 Å². The molecular formula is C12H9F3N2O2. The van der Waals surface area contributed by atoms with Crippen LogP contribution in [0.25, 0.3) is 0 Å². The molecule has 1 aromatic carbocycles. The van der Waals surface area contributed by atoms with Gasteiger partial charge in [0.2, 0.25) is 5.76 Å². The van der Waals surface area contributed by atoms with E-state index in [2.05, 4.69) is 10.5 Å². The molecule has 100 valence electrons. The average molecular weight is 270 g/mol. The third kappa shape index (κ3) is 3.12. The number of benzene rings is 1. The topological polar surface area (TPSA) is 55.1 Å². The minimum Gasteiger partial charge on any atom is -0.351 e. The summed E-state index contributed by atoms with van der Waals surface area (Å²) >= 11 is 0. The number of anilines is 1. The predicted molar refractivity (Wildman–Crippen MR) is 60.6 cm³/mol. The van der Waals surface area contributed by atoms with Crippen molar-refractivity contribution in [2.75, 3.05) is 5.32 Å². The molecule has 1 N–H and O–H groups in total.